The lowest BCUT2D eigenvalue weighted by Crippen LogP contribution is -2.32. The van der Waals surface area contributed by atoms with Gasteiger partial charge in [0.2, 0.25) is 5.91 Å². The van der Waals surface area contributed by atoms with Crippen LogP contribution in [0.4, 0.5) is 14.9 Å². The Morgan fingerprint density at radius 2 is 1.83 bits per heavy atom. The lowest BCUT2D eigenvalue weighted by Gasteiger charge is -2.26. The number of urea groups is 1. The quantitative estimate of drug-likeness (QED) is 0.573. The first-order valence-electron chi connectivity index (χ1n) is 10.5. The Morgan fingerprint density at radius 3 is 2.57 bits per heavy atom. The van der Waals surface area contributed by atoms with Crippen molar-refractivity contribution in [2.75, 3.05) is 31.5 Å². The molecule has 0 radical (unpaired) electrons. The van der Waals surface area contributed by atoms with Gasteiger partial charge in [0.1, 0.15) is 5.82 Å². The zero-order valence-corrected chi connectivity index (χ0v) is 17.1. The number of anilines is 1. The Morgan fingerprint density at radius 1 is 1.03 bits per heavy atom. The standard InChI is InChI=1S/C23H29FN4O2/c24-21-16-19(9-10-20(21)17-7-6-8-18(15-17)22(25)29)27-23(30)26-11-2-5-14-28-12-3-1-4-13-28/h6-10,15-16H,1-5,11-14H2,(H2,25,29)(H2,26,27,30). The van der Waals surface area contributed by atoms with Crippen molar-refractivity contribution >= 4 is 17.6 Å². The number of primary amides is 1. The molecule has 30 heavy (non-hydrogen) atoms. The van der Waals surface area contributed by atoms with E-state index in [2.05, 4.69) is 15.5 Å². The molecule has 1 saturated heterocycles. The molecule has 1 aliphatic heterocycles. The van der Waals surface area contributed by atoms with Gasteiger partial charge in [-0.2, -0.15) is 0 Å². The van der Waals surface area contributed by atoms with Crippen LogP contribution in [-0.4, -0.2) is 43.0 Å². The minimum atomic E-state index is -0.567. The molecule has 1 fully saturated rings. The van der Waals surface area contributed by atoms with Gasteiger partial charge < -0.3 is 21.3 Å². The molecule has 0 spiro atoms. The summed E-state index contributed by atoms with van der Waals surface area (Å²) in [6, 6.07) is 10.6. The second-order valence-electron chi connectivity index (χ2n) is 7.63. The molecular formula is C23H29FN4O2. The molecule has 0 unspecified atom stereocenters. The van der Waals surface area contributed by atoms with Crippen molar-refractivity contribution in [1.82, 2.24) is 10.2 Å². The van der Waals surface area contributed by atoms with Gasteiger partial charge in [0.25, 0.3) is 0 Å². The van der Waals surface area contributed by atoms with Crippen LogP contribution in [0.5, 0.6) is 0 Å². The highest BCUT2D eigenvalue weighted by atomic mass is 19.1. The number of halogens is 1. The van der Waals surface area contributed by atoms with Crippen molar-refractivity contribution in [2.45, 2.75) is 32.1 Å². The second kappa shape index (κ2) is 10.7. The van der Waals surface area contributed by atoms with Gasteiger partial charge in [-0.15, -0.1) is 0 Å². The molecule has 0 bridgehead atoms. The van der Waals surface area contributed by atoms with E-state index in [-0.39, 0.29) is 6.03 Å². The number of piperidine rings is 1. The number of benzene rings is 2. The topological polar surface area (TPSA) is 87.5 Å². The lowest BCUT2D eigenvalue weighted by molar-refractivity contribution is 0.100. The number of nitrogens with one attached hydrogen (secondary N) is 2. The average Bonchev–Trinajstić information content (AvgIpc) is 2.74. The van der Waals surface area contributed by atoms with Gasteiger partial charge in [-0.3, -0.25) is 4.79 Å². The van der Waals surface area contributed by atoms with Crippen molar-refractivity contribution in [3.05, 3.63) is 53.8 Å². The van der Waals surface area contributed by atoms with Crippen LogP contribution in [0.1, 0.15) is 42.5 Å². The van der Waals surface area contributed by atoms with Crippen molar-refractivity contribution in [1.29, 1.82) is 0 Å². The molecule has 3 rings (SSSR count). The Hall–Kier alpha value is -2.93. The van der Waals surface area contributed by atoms with E-state index in [1.165, 1.54) is 38.4 Å². The summed E-state index contributed by atoms with van der Waals surface area (Å²) in [6.45, 7) is 4.03. The SMILES string of the molecule is NC(=O)c1cccc(-c2ccc(NC(=O)NCCCCN3CCCCC3)cc2F)c1. The van der Waals surface area contributed by atoms with E-state index >= 15 is 0 Å². The van der Waals surface area contributed by atoms with Crippen LogP contribution in [0.3, 0.4) is 0 Å². The monoisotopic (exact) mass is 412 g/mol. The molecule has 1 aliphatic rings. The molecule has 1 heterocycles. The largest absolute Gasteiger partial charge is 0.366 e. The van der Waals surface area contributed by atoms with E-state index in [0.29, 0.717) is 28.9 Å². The maximum atomic E-state index is 14.6. The van der Waals surface area contributed by atoms with Gasteiger partial charge in [-0.1, -0.05) is 18.6 Å². The first-order chi connectivity index (χ1) is 14.5. The number of rotatable bonds is 8. The van der Waals surface area contributed by atoms with E-state index in [1.807, 2.05) is 0 Å². The molecule has 0 saturated carbocycles. The van der Waals surface area contributed by atoms with Crippen molar-refractivity contribution in [2.24, 2.45) is 5.73 Å². The fraction of sp³-hybridized carbons (Fsp3) is 0.391. The predicted molar refractivity (Wildman–Crippen MR) is 117 cm³/mol. The van der Waals surface area contributed by atoms with E-state index in [4.69, 9.17) is 5.73 Å². The normalized spacial score (nSPS) is 14.3. The summed E-state index contributed by atoms with van der Waals surface area (Å²) in [7, 11) is 0. The maximum absolute atomic E-state index is 14.6. The summed E-state index contributed by atoms with van der Waals surface area (Å²) >= 11 is 0. The summed E-state index contributed by atoms with van der Waals surface area (Å²) in [5.41, 5.74) is 6.85. The van der Waals surface area contributed by atoms with Gasteiger partial charge >= 0.3 is 6.03 Å². The van der Waals surface area contributed by atoms with Crippen LogP contribution >= 0.6 is 0 Å². The molecule has 3 amide bonds. The second-order valence-corrected chi connectivity index (χ2v) is 7.63. The van der Waals surface area contributed by atoms with E-state index in [9.17, 15) is 14.0 Å². The van der Waals surface area contributed by atoms with Gasteiger partial charge in [0.15, 0.2) is 0 Å². The van der Waals surface area contributed by atoms with Crippen molar-refractivity contribution in [3.8, 4) is 11.1 Å². The third-order valence-electron chi connectivity index (χ3n) is 5.32. The zero-order valence-electron chi connectivity index (χ0n) is 17.1. The number of carbonyl (C=O) groups excluding carboxylic acids is 2. The molecular weight excluding hydrogens is 383 g/mol. The molecule has 6 nitrogen and oxygen atoms in total. The first-order valence-corrected chi connectivity index (χ1v) is 10.5. The molecule has 0 aromatic heterocycles. The molecule has 160 valence electrons. The molecule has 2 aromatic carbocycles. The minimum absolute atomic E-state index is 0.314. The summed E-state index contributed by atoms with van der Waals surface area (Å²) in [4.78, 5) is 25.9. The van der Waals surface area contributed by atoms with E-state index in [0.717, 1.165) is 19.4 Å². The minimum Gasteiger partial charge on any atom is -0.366 e. The fourth-order valence-electron chi connectivity index (χ4n) is 3.69. The Balaban J connectivity index is 1.46. The molecule has 0 atom stereocenters. The number of amides is 3. The number of hydrogen-bond acceptors (Lipinski definition) is 3. The van der Waals surface area contributed by atoms with Crippen LogP contribution in [0.25, 0.3) is 11.1 Å². The van der Waals surface area contributed by atoms with Crippen molar-refractivity contribution in [3.63, 3.8) is 0 Å². The Labute approximate surface area is 176 Å². The number of nitrogens with two attached hydrogens (primary N) is 1. The van der Waals surface area contributed by atoms with Gasteiger partial charge in [0, 0.05) is 23.4 Å². The Kier molecular flexibility index (Phi) is 7.79. The summed E-state index contributed by atoms with van der Waals surface area (Å²) in [5.74, 6) is -1.06. The number of likely N-dealkylation sites (tertiary alicyclic amines) is 1. The van der Waals surface area contributed by atoms with Crippen LogP contribution in [0, 0.1) is 5.82 Å². The molecule has 4 N–H and O–H groups in total. The van der Waals surface area contributed by atoms with Crippen LogP contribution < -0.4 is 16.4 Å². The van der Waals surface area contributed by atoms with Crippen LogP contribution in [0.2, 0.25) is 0 Å². The number of unbranched alkanes of at least 4 members (excludes halogenated alkanes) is 1. The van der Waals surface area contributed by atoms with Gasteiger partial charge in [-0.25, -0.2) is 9.18 Å². The third-order valence-corrected chi connectivity index (χ3v) is 5.32. The number of carbonyl (C=O) groups is 2. The lowest BCUT2D eigenvalue weighted by atomic mass is 10.0. The van der Waals surface area contributed by atoms with Crippen LogP contribution in [0.15, 0.2) is 42.5 Å². The number of hydrogen-bond donors (Lipinski definition) is 3. The molecule has 2 aromatic rings. The highest BCUT2D eigenvalue weighted by molar-refractivity contribution is 5.94. The highest BCUT2D eigenvalue weighted by Crippen LogP contribution is 2.26. The van der Waals surface area contributed by atoms with Gasteiger partial charge in [-0.05, 0) is 81.2 Å². The average molecular weight is 413 g/mol. The maximum Gasteiger partial charge on any atom is 0.319 e. The third kappa shape index (κ3) is 6.29. The van der Waals surface area contributed by atoms with Crippen molar-refractivity contribution < 1.29 is 14.0 Å². The summed E-state index contributed by atoms with van der Waals surface area (Å²) in [6.07, 6.45) is 5.86. The Bertz CT molecular complexity index is 881. The van der Waals surface area contributed by atoms with Crippen LogP contribution in [-0.2, 0) is 0 Å². The zero-order chi connectivity index (χ0) is 21.3. The predicted octanol–water partition coefficient (Wildman–Crippen LogP) is 3.98. The summed E-state index contributed by atoms with van der Waals surface area (Å²) < 4.78 is 14.6. The van der Waals surface area contributed by atoms with Gasteiger partial charge in [0.05, 0.1) is 0 Å². The fourth-order valence-corrected chi connectivity index (χ4v) is 3.69. The summed E-state index contributed by atoms with van der Waals surface area (Å²) in [5, 5.41) is 5.47. The van der Waals surface area contributed by atoms with E-state index in [1.54, 1.807) is 36.4 Å². The number of nitrogens with zero attached hydrogens (tertiary/aromatic N) is 1. The molecule has 7 heteroatoms. The van der Waals surface area contributed by atoms with E-state index < -0.39 is 11.7 Å². The molecule has 0 aliphatic carbocycles. The smallest absolute Gasteiger partial charge is 0.319 e. The highest BCUT2D eigenvalue weighted by Gasteiger charge is 2.11. The first kappa shape index (κ1) is 21.8.